The number of amides is 1. The topological polar surface area (TPSA) is 175 Å². The van der Waals surface area contributed by atoms with Gasteiger partial charge in [-0.2, -0.15) is 0 Å². The monoisotopic (exact) mass is 528 g/mol. The maximum Gasteiger partial charge on any atom is 0.311 e. The van der Waals surface area contributed by atoms with Crippen molar-refractivity contribution in [2.45, 2.75) is 44.6 Å². The van der Waals surface area contributed by atoms with Crippen molar-refractivity contribution in [2.24, 2.45) is 5.73 Å². The van der Waals surface area contributed by atoms with Crippen LogP contribution >= 0.6 is 11.6 Å². The number of likely N-dealkylation sites (N-methyl/N-ethyl adjacent to an activating group) is 1. The standard InChI is InChI=1S/C23H25ClN8O5/c1-11-5-15(37-31-11)35-8-12-3-4-14(24)6-13(12)7-27-20-17-21(29-9-28-20)32(10-30-17)23-18(33)16(25)19(36-23)22(34)26-2/h3-6,9-10,16,18-19,23,33H,7-8,25H2,1-2H3,(H,26,34)(H,27,28,29)/t16-,18+,19-,23+/m0/s1. The Morgan fingerprint density at radius 2 is 2.11 bits per heavy atom. The highest BCUT2D eigenvalue weighted by Crippen LogP contribution is 2.32. The van der Waals surface area contributed by atoms with Crippen molar-refractivity contribution in [1.82, 2.24) is 30.0 Å². The van der Waals surface area contributed by atoms with Crippen LogP contribution in [0.25, 0.3) is 11.2 Å². The van der Waals surface area contributed by atoms with E-state index in [0.717, 1.165) is 16.8 Å². The molecule has 0 spiro atoms. The zero-order valence-corrected chi connectivity index (χ0v) is 20.7. The zero-order chi connectivity index (χ0) is 26.1. The van der Waals surface area contributed by atoms with Gasteiger partial charge in [-0.05, 0) is 30.2 Å². The number of aryl methyl sites for hydroxylation is 1. The first-order valence-electron chi connectivity index (χ1n) is 11.4. The number of fused-ring (bicyclic) bond motifs is 1. The van der Waals surface area contributed by atoms with Gasteiger partial charge < -0.3 is 35.5 Å². The molecule has 13 nitrogen and oxygen atoms in total. The van der Waals surface area contributed by atoms with Gasteiger partial charge in [0.2, 0.25) is 0 Å². The molecule has 14 heteroatoms. The predicted molar refractivity (Wildman–Crippen MR) is 132 cm³/mol. The summed E-state index contributed by atoms with van der Waals surface area (Å²) in [5.41, 5.74) is 9.37. The van der Waals surface area contributed by atoms with Crippen LogP contribution in [0.15, 0.2) is 41.4 Å². The van der Waals surface area contributed by atoms with Crippen LogP contribution in [-0.2, 0) is 22.7 Å². The quantitative estimate of drug-likeness (QED) is 0.259. The highest BCUT2D eigenvalue weighted by atomic mass is 35.5. The summed E-state index contributed by atoms with van der Waals surface area (Å²) in [6, 6.07) is 6.28. The number of anilines is 1. The van der Waals surface area contributed by atoms with Crippen LogP contribution in [0.5, 0.6) is 5.95 Å². The number of nitrogens with two attached hydrogens (primary N) is 1. The van der Waals surface area contributed by atoms with Crippen LogP contribution in [-0.4, -0.2) is 61.0 Å². The minimum atomic E-state index is -1.15. The van der Waals surface area contributed by atoms with Crippen LogP contribution in [0.4, 0.5) is 5.82 Å². The summed E-state index contributed by atoms with van der Waals surface area (Å²) in [5.74, 6) is 0.361. The van der Waals surface area contributed by atoms with Crippen molar-refractivity contribution < 1.29 is 23.9 Å². The second-order valence-electron chi connectivity index (χ2n) is 8.52. The third kappa shape index (κ3) is 4.93. The zero-order valence-electron chi connectivity index (χ0n) is 20.0. The fourth-order valence-electron chi connectivity index (χ4n) is 4.10. The lowest BCUT2D eigenvalue weighted by Crippen LogP contribution is -2.46. The molecule has 5 rings (SSSR count). The van der Waals surface area contributed by atoms with Gasteiger partial charge in [-0.25, -0.2) is 15.0 Å². The molecule has 0 saturated carbocycles. The molecule has 1 aliphatic rings. The van der Waals surface area contributed by atoms with E-state index in [-0.39, 0.29) is 6.61 Å². The number of nitrogens with one attached hydrogen (secondary N) is 2. The van der Waals surface area contributed by atoms with Gasteiger partial charge in [0.05, 0.1) is 18.1 Å². The Balaban J connectivity index is 1.35. The summed E-state index contributed by atoms with van der Waals surface area (Å²) < 4.78 is 18.1. The lowest BCUT2D eigenvalue weighted by Gasteiger charge is -2.17. The maximum atomic E-state index is 12.1. The maximum absolute atomic E-state index is 12.1. The number of halogens is 1. The number of rotatable bonds is 8. The molecule has 0 aliphatic carbocycles. The fraction of sp³-hybridized carbons (Fsp3) is 0.348. The highest BCUT2D eigenvalue weighted by molar-refractivity contribution is 6.30. The predicted octanol–water partition coefficient (Wildman–Crippen LogP) is 1.30. The van der Waals surface area contributed by atoms with Crippen molar-refractivity contribution in [2.75, 3.05) is 12.4 Å². The summed E-state index contributed by atoms with van der Waals surface area (Å²) >= 11 is 6.25. The number of benzene rings is 1. The summed E-state index contributed by atoms with van der Waals surface area (Å²) in [6.45, 7) is 2.42. The molecule has 0 bridgehead atoms. The molecule has 0 unspecified atom stereocenters. The lowest BCUT2D eigenvalue weighted by atomic mass is 10.1. The number of aromatic nitrogens is 5. The van der Waals surface area contributed by atoms with Gasteiger partial charge in [-0.1, -0.05) is 22.8 Å². The molecule has 1 aromatic carbocycles. The fourth-order valence-corrected chi connectivity index (χ4v) is 4.30. The van der Waals surface area contributed by atoms with E-state index in [4.69, 9.17) is 31.3 Å². The molecule has 194 valence electrons. The molecule has 4 heterocycles. The Morgan fingerprint density at radius 3 is 2.86 bits per heavy atom. The third-order valence-corrected chi connectivity index (χ3v) is 6.29. The van der Waals surface area contributed by atoms with Crippen LogP contribution in [0.1, 0.15) is 23.0 Å². The van der Waals surface area contributed by atoms with Crippen LogP contribution in [0.2, 0.25) is 5.02 Å². The minimum absolute atomic E-state index is 0.250. The number of imidazole rings is 1. The molecule has 37 heavy (non-hydrogen) atoms. The van der Waals surface area contributed by atoms with Crippen molar-refractivity contribution >= 4 is 34.5 Å². The number of aliphatic hydroxyl groups is 1. The van der Waals surface area contributed by atoms with Gasteiger partial charge in [-0.3, -0.25) is 9.36 Å². The van der Waals surface area contributed by atoms with Crippen LogP contribution < -0.4 is 21.1 Å². The molecule has 3 aromatic heterocycles. The van der Waals surface area contributed by atoms with Gasteiger partial charge >= 0.3 is 5.95 Å². The molecule has 1 fully saturated rings. The first-order chi connectivity index (χ1) is 17.9. The molecular formula is C23H25ClN8O5. The largest absolute Gasteiger partial charge is 0.459 e. The van der Waals surface area contributed by atoms with Crippen LogP contribution in [0, 0.1) is 6.92 Å². The molecular weight excluding hydrogens is 504 g/mol. The van der Waals surface area contributed by atoms with E-state index in [0.29, 0.717) is 34.5 Å². The Kier molecular flexibility index (Phi) is 6.93. The van der Waals surface area contributed by atoms with Gasteiger partial charge in [0, 0.05) is 24.7 Å². The number of ether oxygens (including phenoxy) is 2. The lowest BCUT2D eigenvalue weighted by molar-refractivity contribution is -0.134. The molecule has 4 aromatic rings. The molecule has 1 saturated heterocycles. The van der Waals surface area contributed by atoms with E-state index >= 15 is 0 Å². The first-order valence-corrected chi connectivity index (χ1v) is 11.8. The first kappa shape index (κ1) is 24.9. The van der Waals surface area contributed by atoms with Gasteiger partial charge in [-0.15, -0.1) is 0 Å². The second kappa shape index (κ2) is 10.3. The minimum Gasteiger partial charge on any atom is -0.459 e. The van der Waals surface area contributed by atoms with Crippen molar-refractivity contribution in [3.8, 4) is 5.95 Å². The number of nitrogens with zero attached hydrogens (tertiary/aromatic N) is 5. The van der Waals surface area contributed by atoms with E-state index in [1.165, 1.54) is 24.3 Å². The normalized spacial score (nSPS) is 21.3. The van der Waals surface area contributed by atoms with Gasteiger partial charge in [0.25, 0.3) is 5.91 Å². The Morgan fingerprint density at radius 1 is 1.27 bits per heavy atom. The summed E-state index contributed by atoms with van der Waals surface area (Å²) in [4.78, 5) is 25.1. The summed E-state index contributed by atoms with van der Waals surface area (Å²) in [6.07, 6.45) is -0.259. The van der Waals surface area contributed by atoms with Crippen molar-refractivity contribution in [1.29, 1.82) is 0 Å². The SMILES string of the molecule is CNC(=O)[C@H]1O[C@@H](n2cnc3c(NCc4cc(Cl)ccc4COc4cc(C)no4)ncnc32)[C@H](O)[C@@H]1N. The average Bonchev–Trinajstić information content (AvgIpc) is 3.59. The summed E-state index contributed by atoms with van der Waals surface area (Å²) in [5, 5.41) is 20.8. The number of carbonyl (C=O) groups is 1. The van der Waals surface area contributed by atoms with Gasteiger partial charge in [0.15, 0.2) is 29.3 Å². The van der Waals surface area contributed by atoms with E-state index in [2.05, 4.69) is 30.7 Å². The van der Waals surface area contributed by atoms with E-state index in [1.807, 2.05) is 19.1 Å². The molecule has 1 amide bonds. The van der Waals surface area contributed by atoms with E-state index in [9.17, 15) is 9.90 Å². The number of carbonyl (C=O) groups excluding carboxylic acids is 1. The number of hydrogen-bond donors (Lipinski definition) is 4. The van der Waals surface area contributed by atoms with E-state index in [1.54, 1.807) is 12.1 Å². The molecule has 0 radical (unpaired) electrons. The van der Waals surface area contributed by atoms with Gasteiger partial charge in [0.1, 0.15) is 19.0 Å². The summed E-state index contributed by atoms with van der Waals surface area (Å²) in [7, 11) is 1.47. The van der Waals surface area contributed by atoms with Crippen molar-refractivity contribution in [3.05, 3.63) is 58.8 Å². The van der Waals surface area contributed by atoms with Crippen molar-refractivity contribution in [3.63, 3.8) is 0 Å². The smallest absolute Gasteiger partial charge is 0.311 e. The third-order valence-electron chi connectivity index (χ3n) is 6.05. The molecule has 1 aliphatic heterocycles. The molecule has 4 atom stereocenters. The molecule has 5 N–H and O–H groups in total. The number of hydrogen-bond acceptors (Lipinski definition) is 11. The Labute approximate surface area is 215 Å². The highest BCUT2D eigenvalue weighted by Gasteiger charge is 2.46. The van der Waals surface area contributed by atoms with Crippen LogP contribution in [0.3, 0.4) is 0 Å². The second-order valence-corrected chi connectivity index (χ2v) is 8.95. The Bertz CT molecular complexity index is 1430. The van der Waals surface area contributed by atoms with E-state index < -0.39 is 30.4 Å². The number of aliphatic hydroxyl groups excluding tert-OH is 1. The Hall–Kier alpha value is -3.78. The average molecular weight is 529 g/mol.